The van der Waals surface area contributed by atoms with Gasteiger partial charge in [-0.25, -0.2) is 4.79 Å². The van der Waals surface area contributed by atoms with Gasteiger partial charge in [0.1, 0.15) is 5.60 Å². The number of anilines is 1. The smallest absolute Gasteiger partial charge is 0.414 e. The SMILES string of the molecule is CCc1ccoc1NC(=O)OC(C)(C)C. The van der Waals surface area contributed by atoms with Crippen LogP contribution in [0.4, 0.5) is 10.7 Å². The molecule has 1 aromatic heterocycles. The standard InChI is InChI=1S/C11H17NO3/c1-5-8-6-7-14-9(8)12-10(13)15-11(2,3)4/h6-7H,5H2,1-4H3,(H,12,13). The van der Waals surface area contributed by atoms with Gasteiger partial charge in [-0.1, -0.05) is 6.92 Å². The number of carbonyl (C=O) groups excluding carboxylic acids is 1. The highest BCUT2D eigenvalue weighted by atomic mass is 16.6. The lowest BCUT2D eigenvalue weighted by Crippen LogP contribution is -2.27. The van der Waals surface area contributed by atoms with E-state index >= 15 is 0 Å². The Morgan fingerprint density at radius 2 is 2.20 bits per heavy atom. The molecule has 4 heteroatoms. The summed E-state index contributed by atoms with van der Waals surface area (Å²) >= 11 is 0. The molecule has 1 rings (SSSR count). The number of hydrogen-bond acceptors (Lipinski definition) is 3. The predicted molar refractivity (Wildman–Crippen MR) is 57.9 cm³/mol. The Bertz CT molecular complexity index is 336. The molecule has 4 nitrogen and oxygen atoms in total. The van der Waals surface area contributed by atoms with Gasteiger partial charge in [-0.3, -0.25) is 5.32 Å². The van der Waals surface area contributed by atoms with Crippen molar-refractivity contribution < 1.29 is 13.9 Å². The van der Waals surface area contributed by atoms with E-state index in [4.69, 9.17) is 9.15 Å². The Morgan fingerprint density at radius 1 is 1.53 bits per heavy atom. The summed E-state index contributed by atoms with van der Waals surface area (Å²) < 4.78 is 10.2. The van der Waals surface area contributed by atoms with Crippen molar-refractivity contribution >= 4 is 12.0 Å². The Morgan fingerprint density at radius 3 is 2.73 bits per heavy atom. The van der Waals surface area contributed by atoms with E-state index in [1.165, 1.54) is 0 Å². The predicted octanol–water partition coefficient (Wildman–Crippen LogP) is 3.19. The lowest BCUT2D eigenvalue weighted by molar-refractivity contribution is 0.0632. The van der Waals surface area contributed by atoms with Crippen LogP contribution in [-0.4, -0.2) is 11.7 Å². The van der Waals surface area contributed by atoms with E-state index in [0.29, 0.717) is 5.88 Å². The molecule has 0 atom stereocenters. The topological polar surface area (TPSA) is 51.5 Å². The third-order valence-corrected chi connectivity index (χ3v) is 1.74. The summed E-state index contributed by atoms with van der Waals surface area (Å²) in [5.41, 5.74) is 0.462. The highest BCUT2D eigenvalue weighted by Crippen LogP contribution is 2.18. The van der Waals surface area contributed by atoms with Crippen LogP contribution < -0.4 is 5.32 Å². The largest absolute Gasteiger partial charge is 0.448 e. The van der Waals surface area contributed by atoms with Crippen LogP contribution in [0, 0.1) is 0 Å². The maximum Gasteiger partial charge on any atom is 0.414 e. The van der Waals surface area contributed by atoms with Gasteiger partial charge in [0.15, 0.2) is 0 Å². The van der Waals surface area contributed by atoms with Crippen molar-refractivity contribution in [3.63, 3.8) is 0 Å². The summed E-state index contributed by atoms with van der Waals surface area (Å²) in [7, 11) is 0. The van der Waals surface area contributed by atoms with Gasteiger partial charge in [-0.05, 0) is 33.3 Å². The number of amides is 1. The van der Waals surface area contributed by atoms with E-state index < -0.39 is 11.7 Å². The zero-order valence-corrected chi connectivity index (χ0v) is 9.59. The van der Waals surface area contributed by atoms with Gasteiger partial charge in [0.25, 0.3) is 0 Å². The quantitative estimate of drug-likeness (QED) is 0.817. The molecule has 1 heterocycles. The van der Waals surface area contributed by atoms with Crippen molar-refractivity contribution in [2.45, 2.75) is 39.7 Å². The highest BCUT2D eigenvalue weighted by molar-refractivity contribution is 5.83. The van der Waals surface area contributed by atoms with Crippen molar-refractivity contribution in [2.75, 3.05) is 5.32 Å². The number of furan rings is 1. The minimum absolute atomic E-state index is 0.465. The first-order chi connectivity index (χ1) is 6.92. The summed E-state index contributed by atoms with van der Waals surface area (Å²) in [5, 5.41) is 2.57. The van der Waals surface area contributed by atoms with Crippen LogP contribution >= 0.6 is 0 Å². The maximum atomic E-state index is 11.4. The van der Waals surface area contributed by atoms with Gasteiger partial charge < -0.3 is 9.15 Å². The molecule has 0 spiro atoms. The Balaban J connectivity index is 2.59. The van der Waals surface area contributed by atoms with Gasteiger partial charge in [-0.15, -0.1) is 0 Å². The molecule has 0 bridgehead atoms. The Hall–Kier alpha value is -1.45. The van der Waals surface area contributed by atoms with Gasteiger partial charge >= 0.3 is 6.09 Å². The molecule has 0 unspecified atom stereocenters. The lowest BCUT2D eigenvalue weighted by Gasteiger charge is -2.19. The van der Waals surface area contributed by atoms with Crippen molar-refractivity contribution in [3.05, 3.63) is 17.9 Å². The van der Waals surface area contributed by atoms with Gasteiger partial charge in [0.05, 0.1) is 6.26 Å². The zero-order valence-electron chi connectivity index (χ0n) is 9.59. The van der Waals surface area contributed by atoms with Gasteiger partial charge in [0.2, 0.25) is 5.88 Å². The molecular weight excluding hydrogens is 194 g/mol. The third kappa shape index (κ3) is 3.65. The average molecular weight is 211 g/mol. The zero-order chi connectivity index (χ0) is 11.5. The second-order valence-electron chi connectivity index (χ2n) is 4.26. The fourth-order valence-corrected chi connectivity index (χ4v) is 1.12. The second kappa shape index (κ2) is 4.38. The van der Waals surface area contributed by atoms with Crippen LogP contribution in [0.1, 0.15) is 33.3 Å². The first-order valence-electron chi connectivity index (χ1n) is 4.98. The number of carbonyl (C=O) groups is 1. The summed E-state index contributed by atoms with van der Waals surface area (Å²) in [5.74, 6) is 0.465. The van der Waals surface area contributed by atoms with Crippen molar-refractivity contribution in [2.24, 2.45) is 0 Å². The summed E-state index contributed by atoms with van der Waals surface area (Å²) in [4.78, 5) is 11.4. The molecule has 0 aromatic carbocycles. The van der Waals surface area contributed by atoms with E-state index in [1.54, 1.807) is 6.26 Å². The maximum absolute atomic E-state index is 11.4. The lowest BCUT2D eigenvalue weighted by atomic mass is 10.2. The van der Waals surface area contributed by atoms with Crippen molar-refractivity contribution in [1.29, 1.82) is 0 Å². The summed E-state index contributed by atoms with van der Waals surface area (Å²) in [6.07, 6.45) is 1.86. The minimum atomic E-state index is -0.497. The van der Waals surface area contributed by atoms with Crippen molar-refractivity contribution in [3.8, 4) is 0 Å². The van der Waals surface area contributed by atoms with Crippen LogP contribution in [0.2, 0.25) is 0 Å². The van der Waals surface area contributed by atoms with Crippen LogP contribution in [0.5, 0.6) is 0 Å². The van der Waals surface area contributed by atoms with Crippen LogP contribution in [0.25, 0.3) is 0 Å². The first kappa shape index (κ1) is 11.6. The molecule has 1 amide bonds. The number of rotatable bonds is 2. The van der Waals surface area contributed by atoms with E-state index in [2.05, 4.69) is 5.32 Å². The van der Waals surface area contributed by atoms with Crippen LogP contribution in [0.15, 0.2) is 16.7 Å². The van der Waals surface area contributed by atoms with Crippen molar-refractivity contribution in [1.82, 2.24) is 0 Å². The molecule has 0 aliphatic rings. The number of ether oxygens (including phenoxy) is 1. The summed E-state index contributed by atoms with van der Waals surface area (Å²) in [6, 6.07) is 1.83. The fraction of sp³-hybridized carbons (Fsp3) is 0.545. The molecule has 84 valence electrons. The van der Waals surface area contributed by atoms with E-state index in [1.807, 2.05) is 33.8 Å². The van der Waals surface area contributed by atoms with Gasteiger partial charge in [-0.2, -0.15) is 0 Å². The second-order valence-corrected chi connectivity index (χ2v) is 4.26. The molecule has 0 aliphatic carbocycles. The van der Waals surface area contributed by atoms with E-state index in [-0.39, 0.29) is 0 Å². The number of hydrogen-bond donors (Lipinski definition) is 1. The molecular formula is C11H17NO3. The average Bonchev–Trinajstić information content (AvgIpc) is 2.48. The molecule has 0 fully saturated rings. The first-order valence-corrected chi connectivity index (χ1v) is 4.98. The number of nitrogens with one attached hydrogen (secondary N) is 1. The molecule has 0 radical (unpaired) electrons. The molecule has 0 saturated heterocycles. The van der Waals surface area contributed by atoms with E-state index in [0.717, 1.165) is 12.0 Å². The minimum Gasteiger partial charge on any atom is -0.448 e. The van der Waals surface area contributed by atoms with Gasteiger partial charge in [0, 0.05) is 5.56 Å². The Kier molecular flexibility index (Phi) is 3.39. The summed E-state index contributed by atoms with van der Waals surface area (Å²) in [6.45, 7) is 7.44. The monoisotopic (exact) mass is 211 g/mol. The Labute approximate surface area is 89.6 Å². The molecule has 1 N–H and O–H groups in total. The fourth-order valence-electron chi connectivity index (χ4n) is 1.12. The van der Waals surface area contributed by atoms with Crippen LogP contribution in [0.3, 0.4) is 0 Å². The molecule has 0 saturated carbocycles. The molecule has 0 aliphatic heterocycles. The normalized spacial score (nSPS) is 11.2. The third-order valence-electron chi connectivity index (χ3n) is 1.74. The molecule has 15 heavy (non-hydrogen) atoms. The molecule has 1 aromatic rings. The highest BCUT2D eigenvalue weighted by Gasteiger charge is 2.17. The number of aryl methyl sites for hydroxylation is 1. The van der Waals surface area contributed by atoms with Crippen LogP contribution in [-0.2, 0) is 11.2 Å². The van der Waals surface area contributed by atoms with E-state index in [9.17, 15) is 4.79 Å².